The van der Waals surface area contributed by atoms with Crippen molar-refractivity contribution >= 4 is 27.3 Å². The van der Waals surface area contributed by atoms with E-state index in [9.17, 15) is 13.2 Å². The fourth-order valence-corrected chi connectivity index (χ4v) is 3.97. The number of nitrogens with one attached hydrogen (secondary N) is 1. The largest absolute Gasteiger partial charge is 0.362 e. The first-order valence-corrected chi connectivity index (χ1v) is 9.89. The molecular weight excluding hydrogens is 350 g/mol. The lowest BCUT2D eigenvalue weighted by molar-refractivity contribution is -0.115. The molecule has 0 fully saturated rings. The zero-order valence-corrected chi connectivity index (χ0v) is 16.0. The van der Waals surface area contributed by atoms with Crippen LogP contribution in [-0.2, 0) is 21.2 Å². The van der Waals surface area contributed by atoms with Crippen LogP contribution in [0.1, 0.15) is 11.1 Å². The molecule has 0 radical (unpaired) electrons. The van der Waals surface area contributed by atoms with Crippen molar-refractivity contribution in [2.45, 2.75) is 18.2 Å². The smallest absolute Gasteiger partial charge is 0.243 e. The average Bonchev–Trinajstić information content (AvgIpc) is 2.99. The highest BCUT2D eigenvalue weighted by Crippen LogP contribution is 2.27. The SMILES string of the molecule is Cc1ccc(S(=O)(=O)N(C)C)cc1NC(=O)CN1CCc2ccccc21. The van der Waals surface area contributed by atoms with E-state index in [0.717, 1.165) is 28.5 Å². The van der Waals surface area contributed by atoms with Gasteiger partial charge in [0.05, 0.1) is 11.4 Å². The maximum atomic E-state index is 12.5. The number of anilines is 2. The van der Waals surface area contributed by atoms with Gasteiger partial charge in [0.15, 0.2) is 0 Å². The lowest BCUT2D eigenvalue weighted by atomic mass is 10.2. The number of hydrogen-bond acceptors (Lipinski definition) is 4. The number of carbonyl (C=O) groups excluding carboxylic acids is 1. The van der Waals surface area contributed by atoms with Crippen LogP contribution in [-0.4, -0.2) is 45.8 Å². The van der Waals surface area contributed by atoms with Gasteiger partial charge in [-0.3, -0.25) is 4.79 Å². The fraction of sp³-hybridized carbons (Fsp3) is 0.316. The van der Waals surface area contributed by atoms with Crippen molar-refractivity contribution in [3.8, 4) is 0 Å². The zero-order valence-electron chi connectivity index (χ0n) is 15.2. The van der Waals surface area contributed by atoms with Gasteiger partial charge in [-0.2, -0.15) is 0 Å². The third-order valence-electron chi connectivity index (χ3n) is 4.58. The van der Waals surface area contributed by atoms with Gasteiger partial charge in [-0.15, -0.1) is 0 Å². The molecule has 1 aliphatic rings. The van der Waals surface area contributed by atoms with E-state index in [-0.39, 0.29) is 17.3 Å². The maximum absolute atomic E-state index is 12.5. The third-order valence-corrected chi connectivity index (χ3v) is 6.39. The second-order valence-electron chi connectivity index (χ2n) is 6.61. The van der Waals surface area contributed by atoms with Crippen molar-refractivity contribution in [1.29, 1.82) is 0 Å². The molecule has 0 atom stereocenters. The summed E-state index contributed by atoms with van der Waals surface area (Å²) in [5, 5.41) is 2.86. The van der Waals surface area contributed by atoms with Crippen LogP contribution in [0.15, 0.2) is 47.4 Å². The van der Waals surface area contributed by atoms with Gasteiger partial charge < -0.3 is 10.2 Å². The van der Waals surface area contributed by atoms with Gasteiger partial charge in [0, 0.05) is 32.0 Å². The Morgan fingerprint density at radius 2 is 1.92 bits per heavy atom. The Bertz CT molecular complexity index is 939. The summed E-state index contributed by atoms with van der Waals surface area (Å²) in [5.41, 5.74) is 3.67. The van der Waals surface area contributed by atoms with Crippen molar-refractivity contribution in [2.24, 2.45) is 0 Å². The van der Waals surface area contributed by atoms with E-state index in [1.807, 2.05) is 30.0 Å². The first-order valence-electron chi connectivity index (χ1n) is 8.45. The second kappa shape index (κ2) is 7.09. The van der Waals surface area contributed by atoms with E-state index in [4.69, 9.17) is 0 Å². The van der Waals surface area contributed by atoms with Crippen molar-refractivity contribution in [1.82, 2.24) is 4.31 Å². The number of amides is 1. The molecule has 3 rings (SSSR count). The molecule has 0 spiro atoms. The molecule has 0 saturated carbocycles. The molecule has 1 heterocycles. The minimum Gasteiger partial charge on any atom is -0.362 e. The second-order valence-corrected chi connectivity index (χ2v) is 8.76. The summed E-state index contributed by atoms with van der Waals surface area (Å²) in [4.78, 5) is 14.7. The number of rotatable bonds is 5. The summed E-state index contributed by atoms with van der Waals surface area (Å²) in [7, 11) is -0.574. The van der Waals surface area contributed by atoms with E-state index in [1.54, 1.807) is 12.1 Å². The summed E-state index contributed by atoms with van der Waals surface area (Å²) < 4.78 is 25.8. The minimum atomic E-state index is -3.54. The van der Waals surface area contributed by atoms with Crippen molar-refractivity contribution in [3.05, 3.63) is 53.6 Å². The van der Waals surface area contributed by atoms with Crippen LogP contribution in [0.3, 0.4) is 0 Å². The van der Waals surface area contributed by atoms with E-state index >= 15 is 0 Å². The van der Waals surface area contributed by atoms with Gasteiger partial charge in [0.25, 0.3) is 0 Å². The van der Waals surface area contributed by atoms with Gasteiger partial charge >= 0.3 is 0 Å². The summed E-state index contributed by atoms with van der Waals surface area (Å²) in [6.07, 6.45) is 0.930. The minimum absolute atomic E-state index is 0.162. The Balaban J connectivity index is 1.76. The lowest BCUT2D eigenvalue weighted by Gasteiger charge is -2.19. The standard InChI is InChI=1S/C19H23N3O3S/c1-14-8-9-16(26(24,25)21(2)3)12-17(14)20-19(23)13-22-11-10-15-6-4-5-7-18(15)22/h4-9,12H,10-11,13H2,1-3H3,(H,20,23). The molecule has 0 saturated heterocycles. The Kier molecular flexibility index (Phi) is 5.02. The molecule has 2 aromatic rings. The van der Waals surface area contributed by atoms with Crippen LogP contribution in [0.2, 0.25) is 0 Å². The number of nitrogens with zero attached hydrogens (tertiary/aromatic N) is 2. The normalized spacial score (nSPS) is 13.8. The third kappa shape index (κ3) is 3.59. The molecule has 26 heavy (non-hydrogen) atoms. The molecule has 1 aliphatic heterocycles. The topological polar surface area (TPSA) is 69.7 Å². The molecule has 0 aromatic heterocycles. The number of carbonyl (C=O) groups is 1. The predicted molar refractivity (Wildman–Crippen MR) is 103 cm³/mol. The highest BCUT2D eigenvalue weighted by Gasteiger charge is 2.22. The molecule has 1 amide bonds. The quantitative estimate of drug-likeness (QED) is 0.873. The van der Waals surface area contributed by atoms with Gasteiger partial charge in [0.2, 0.25) is 15.9 Å². The van der Waals surface area contributed by atoms with Gasteiger partial charge in [-0.05, 0) is 42.7 Å². The molecule has 0 bridgehead atoms. The Morgan fingerprint density at radius 1 is 1.19 bits per heavy atom. The van der Waals surface area contributed by atoms with Crippen LogP contribution in [0.25, 0.3) is 0 Å². The fourth-order valence-electron chi connectivity index (χ4n) is 3.04. The molecule has 2 aromatic carbocycles. The summed E-state index contributed by atoms with van der Waals surface area (Å²) >= 11 is 0. The first kappa shape index (κ1) is 18.4. The summed E-state index contributed by atoms with van der Waals surface area (Å²) in [6.45, 7) is 2.88. The van der Waals surface area contributed by atoms with Crippen molar-refractivity contribution < 1.29 is 13.2 Å². The lowest BCUT2D eigenvalue weighted by Crippen LogP contribution is -2.32. The highest BCUT2D eigenvalue weighted by atomic mass is 32.2. The molecule has 6 nitrogen and oxygen atoms in total. The number of sulfonamides is 1. The number of hydrogen-bond donors (Lipinski definition) is 1. The Hall–Kier alpha value is -2.38. The number of fused-ring (bicyclic) bond motifs is 1. The van der Waals surface area contributed by atoms with Crippen LogP contribution in [0.5, 0.6) is 0 Å². The monoisotopic (exact) mass is 373 g/mol. The Morgan fingerprint density at radius 3 is 2.65 bits per heavy atom. The number of benzene rings is 2. The summed E-state index contributed by atoms with van der Waals surface area (Å²) in [6, 6.07) is 12.8. The molecular formula is C19H23N3O3S. The number of para-hydroxylation sites is 1. The Labute approximate surface area is 154 Å². The van der Waals surface area contributed by atoms with Gasteiger partial charge in [0.1, 0.15) is 0 Å². The van der Waals surface area contributed by atoms with Crippen molar-refractivity contribution in [3.63, 3.8) is 0 Å². The van der Waals surface area contributed by atoms with Crippen molar-refractivity contribution in [2.75, 3.05) is 37.4 Å². The zero-order chi connectivity index (χ0) is 18.9. The molecule has 0 unspecified atom stereocenters. The molecule has 138 valence electrons. The van der Waals surface area contributed by atoms with Crippen LogP contribution < -0.4 is 10.2 Å². The number of aryl methyl sites for hydroxylation is 1. The van der Waals surface area contributed by atoms with E-state index in [0.29, 0.717) is 5.69 Å². The average molecular weight is 373 g/mol. The van der Waals surface area contributed by atoms with Gasteiger partial charge in [-0.1, -0.05) is 24.3 Å². The van der Waals surface area contributed by atoms with E-state index < -0.39 is 10.0 Å². The highest BCUT2D eigenvalue weighted by molar-refractivity contribution is 7.89. The summed E-state index contributed by atoms with van der Waals surface area (Å²) in [5.74, 6) is -0.163. The van der Waals surface area contributed by atoms with Crippen LogP contribution >= 0.6 is 0 Å². The molecule has 7 heteroatoms. The van der Waals surface area contributed by atoms with Crippen LogP contribution in [0, 0.1) is 6.92 Å². The van der Waals surface area contributed by atoms with E-state index in [2.05, 4.69) is 11.4 Å². The predicted octanol–water partition coefficient (Wildman–Crippen LogP) is 2.25. The van der Waals surface area contributed by atoms with Crippen LogP contribution in [0.4, 0.5) is 11.4 Å². The van der Waals surface area contributed by atoms with E-state index in [1.165, 1.54) is 25.7 Å². The van der Waals surface area contributed by atoms with Gasteiger partial charge in [-0.25, -0.2) is 12.7 Å². The first-order chi connectivity index (χ1) is 12.3. The molecule has 0 aliphatic carbocycles. The maximum Gasteiger partial charge on any atom is 0.243 e. The molecule has 1 N–H and O–H groups in total.